The van der Waals surface area contributed by atoms with Crippen molar-refractivity contribution < 1.29 is 27.8 Å². The van der Waals surface area contributed by atoms with Crippen molar-refractivity contribution in [3.8, 4) is 0 Å². The van der Waals surface area contributed by atoms with Crippen molar-refractivity contribution in [3.05, 3.63) is 40.6 Å². The van der Waals surface area contributed by atoms with Gasteiger partial charge in [-0.3, -0.25) is 4.72 Å². The standard InChI is InChI=1S/C15H17ClFNO4S/c1-2-22-15(19)11-5-3-4-6-14(11)23(20,21)18-13-8-7-10(17)9-12(13)16/h5,7-9,14,18H,2-4,6H2,1H3/t14-/m1/s1/i7D,8D,9D,14D. The molecule has 1 N–H and O–H groups in total. The molecule has 0 radical (unpaired) electrons. The summed E-state index contributed by atoms with van der Waals surface area (Å²) >= 11 is 5.79. The van der Waals surface area contributed by atoms with Crippen molar-refractivity contribution in [1.29, 1.82) is 0 Å². The monoisotopic (exact) mass is 365 g/mol. The van der Waals surface area contributed by atoms with E-state index in [2.05, 4.69) is 0 Å². The summed E-state index contributed by atoms with van der Waals surface area (Å²) in [7, 11) is -4.69. The maximum atomic E-state index is 13.7. The fourth-order valence-corrected chi connectivity index (χ4v) is 3.72. The van der Waals surface area contributed by atoms with E-state index in [-0.39, 0.29) is 18.6 Å². The van der Waals surface area contributed by atoms with E-state index in [1.807, 2.05) is 4.72 Å². The average molecular weight is 366 g/mol. The minimum Gasteiger partial charge on any atom is -0.463 e. The van der Waals surface area contributed by atoms with Gasteiger partial charge >= 0.3 is 5.97 Å². The van der Waals surface area contributed by atoms with Crippen LogP contribution >= 0.6 is 11.6 Å². The first kappa shape index (κ1) is 12.8. The van der Waals surface area contributed by atoms with E-state index in [4.69, 9.17) is 21.8 Å². The predicted octanol–water partition coefficient (Wildman–Crippen LogP) is 3.26. The SMILES string of the molecule is [2H]c1c([2H])c(NS(=O)(=O)[C@]2([2H])CCCC=C2C(=O)OCC)c(Cl)c([2H])c1F. The normalized spacial score (nSPS) is 23.9. The summed E-state index contributed by atoms with van der Waals surface area (Å²) in [4.78, 5) is 12.1. The largest absolute Gasteiger partial charge is 0.463 e. The third-order valence-electron chi connectivity index (χ3n) is 3.05. The van der Waals surface area contributed by atoms with Crippen molar-refractivity contribution in [2.24, 2.45) is 0 Å². The van der Waals surface area contributed by atoms with E-state index in [1.54, 1.807) is 0 Å². The van der Waals surface area contributed by atoms with Gasteiger partial charge in [-0.15, -0.1) is 0 Å². The zero-order valence-corrected chi connectivity index (χ0v) is 13.8. The predicted molar refractivity (Wildman–Crippen MR) is 86.3 cm³/mol. The van der Waals surface area contributed by atoms with Gasteiger partial charge in [0.2, 0.25) is 10.0 Å². The Morgan fingerprint density at radius 2 is 2.35 bits per heavy atom. The second kappa shape index (κ2) is 7.31. The number of allylic oxidation sites excluding steroid dienone is 1. The number of carbonyl (C=O) groups is 1. The van der Waals surface area contributed by atoms with Crippen LogP contribution in [0.15, 0.2) is 29.8 Å². The number of hydrogen-bond donors (Lipinski definition) is 1. The maximum absolute atomic E-state index is 13.7. The Bertz CT molecular complexity index is 896. The van der Waals surface area contributed by atoms with Gasteiger partial charge in [-0.2, -0.15) is 0 Å². The summed E-state index contributed by atoms with van der Waals surface area (Å²) in [6.45, 7) is 1.53. The summed E-state index contributed by atoms with van der Waals surface area (Å²) < 4.78 is 77.4. The van der Waals surface area contributed by atoms with Crippen molar-refractivity contribution in [2.45, 2.75) is 31.4 Å². The van der Waals surface area contributed by atoms with Crippen LogP contribution in [0, 0.1) is 5.82 Å². The molecular formula is C15H17ClFNO4S. The molecule has 0 saturated carbocycles. The van der Waals surface area contributed by atoms with Crippen LogP contribution in [0.3, 0.4) is 0 Å². The molecule has 0 spiro atoms. The van der Waals surface area contributed by atoms with Gasteiger partial charge in [-0.1, -0.05) is 17.7 Å². The van der Waals surface area contributed by atoms with Crippen LogP contribution in [0.5, 0.6) is 0 Å². The molecule has 0 aliphatic heterocycles. The summed E-state index contributed by atoms with van der Waals surface area (Å²) in [5.41, 5.74) is -1.06. The van der Waals surface area contributed by atoms with Crippen LogP contribution < -0.4 is 4.72 Å². The van der Waals surface area contributed by atoms with Gasteiger partial charge in [0.1, 0.15) is 11.0 Å². The molecule has 0 unspecified atom stereocenters. The highest BCUT2D eigenvalue weighted by molar-refractivity contribution is 7.93. The van der Waals surface area contributed by atoms with Gasteiger partial charge in [-0.05, 0) is 44.3 Å². The van der Waals surface area contributed by atoms with E-state index < -0.39 is 55.9 Å². The van der Waals surface area contributed by atoms with E-state index in [1.165, 1.54) is 13.0 Å². The smallest absolute Gasteiger partial charge is 0.335 e. The van der Waals surface area contributed by atoms with Crippen molar-refractivity contribution in [3.63, 3.8) is 0 Å². The zero-order chi connectivity index (χ0) is 20.6. The Balaban J connectivity index is 2.55. The van der Waals surface area contributed by atoms with Crippen molar-refractivity contribution >= 4 is 33.3 Å². The third-order valence-corrected chi connectivity index (χ3v) is 4.88. The summed E-state index contributed by atoms with van der Waals surface area (Å²) in [5.74, 6) is -2.31. The Morgan fingerprint density at radius 3 is 3.04 bits per heavy atom. The molecule has 0 aromatic heterocycles. The van der Waals surface area contributed by atoms with Gasteiger partial charge in [0.05, 0.1) is 28.4 Å². The molecule has 0 bridgehead atoms. The minimum atomic E-state index is -4.69. The molecule has 23 heavy (non-hydrogen) atoms. The second-order valence-electron chi connectivity index (χ2n) is 4.64. The quantitative estimate of drug-likeness (QED) is 0.813. The van der Waals surface area contributed by atoms with Crippen LogP contribution in [-0.2, 0) is 19.6 Å². The molecule has 0 fully saturated rings. The van der Waals surface area contributed by atoms with Crippen molar-refractivity contribution in [2.75, 3.05) is 11.3 Å². The number of anilines is 1. The van der Waals surface area contributed by atoms with E-state index in [0.717, 1.165) is 0 Å². The van der Waals surface area contributed by atoms with Gasteiger partial charge in [0.15, 0.2) is 0 Å². The molecule has 1 atom stereocenters. The first-order valence-electron chi connectivity index (χ1n) is 8.82. The van der Waals surface area contributed by atoms with Crippen LogP contribution in [0.1, 0.15) is 31.7 Å². The number of hydrogen-bond acceptors (Lipinski definition) is 4. The average Bonchev–Trinajstić information content (AvgIpc) is 2.62. The number of nitrogens with one attached hydrogen (secondary N) is 1. The van der Waals surface area contributed by atoms with Crippen LogP contribution in [0.25, 0.3) is 0 Å². The number of carbonyl (C=O) groups excluding carboxylic acids is 1. The highest BCUT2D eigenvalue weighted by Gasteiger charge is 2.35. The van der Waals surface area contributed by atoms with Crippen LogP contribution in [0.4, 0.5) is 10.1 Å². The lowest BCUT2D eigenvalue weighted by molar-refractivity contribution is -0.138. The summed E-state index contributed by atoms with van der Waals surface area (Å²) in [6, 6.07) is -2.83. The highest BCUT2D eigenvalue weighted by Crippen LogP contribution is 2.30. The van der Waals surface area contributed by atoms with Crippen LogP contribution in [-0.4, -0.2) is 26.2 Å². The molecule has 126 valence electrons. The number of sulfonamides is 1. The Kier molecular flexibility index (Phi) is 4.06. The molecule has 1 aromatic rings. The molecule has 8 heteroatoms. The topological polar surface area (TPSA) is 72.5 Å². The van der Waals surface area contributed by atoms with E-state index in [0.29, 0.717) is 12.8 Å². The van der Waals surface area contributed by atoms with Gasteiger partial charge < -0.3 is 4.74 Å². The molecule has 0 amide bonds. The lowest BCUT2D eigenvalue weighted by Gasteiger charge is -2.24. The van der Waals surface area contributed by atoms with Crippen LogP contribution in [0.2, 0.25) is 5.02 Å². The van der Waals surface area contributed by atoms with E-state index in [9.17, 15) is 17.6 Å². The molecule has 1 aliphatic rings. The number of rotatable bonds is 5. The molecule has 1 aliphatic carbocycles. The maximum Gasteiger partial charge on any atom is 0.335 e. The number of halogens is 2. The molecule has 0 saturated heterocycles. The third kappa shape index (κ3) is 4.23. The molecule has 2 rings (SSSR count). The van der Waals surface area contributed by atoms with E-state index >= 15 is 0 Å². The van der Waals surface area contributed by atoms with Gasteiger partial charge in [0.25, 0.3) is 0 Å². The van der Waals surface area contributed by atoms with Gasteiger partial charge in [-0.25, -0.2) is 17.6 Å². The van der Waals surface area contributed by atoms with Crippen molar-refractivity contribution in [1.82, 2.24) is 0 Å². The van der Waals surface area contributed by atoms with Gasteiger partial charge in [0, 0.05) is 0 Å². The Morgan fingerprint density at radius 1 is 1.61 bits per heavy atom. The first-order valence-corrected chi connectivity index (χ1v) is 8.69. The molecule has 1 aromatic carbocycles. The molecule has 0 heterocycles. The minimum absolute atomic E-state index is 0.00913. The fourth-order valence-electron chi connectivity index (χ4n) is 2.07. The fraction of sp³-hybridized carbons (Fsp3) is 0.400. The Labute approximate surface area is 145 Å². The lowest BCUT2D eigenvalue weighted by Crippen LogP contribution is -2.34. The number of benzene rings is 1. The second-order valence-corrected chi connectivity index (χ2v) is 6.72. The lowest BCUT2D eigenvalue weighted by atomic mass is 9.99. The summed E-state index contributed by atoms with van der Waals surface area (Å²) in [6.07, 6.45) is 1.79. The zero-order valence-electron chi connectivity index (χ0n) is 16.2. The Hall–Kier alpha value is -1.60. The molecule has 5 nitrogen and oxygen atoms in total. The molecular weight excluding hydrogens is 345 g/mol. The number of esters is 1. The number of ether oxygens (including phenoxy) is 1. The highest BCUT2D eigenvalue weighted by atomic mass is 35.5. The summed E-state index contributed by atoms with van der Waals surface area (Å²) in [5, 5.41) is -3.13. The first-order chi connectivity index (χ1) is 12.5.